The SMILES string of the molecule is CN(C)CCNc1cc(F)cc(-c2ccnc3[nH]c(-c4n[nH]c5ncc(-c6cncc(N(C)C)c6)cc45)cc23)c1. The van der Waals surface area contributed by atoms with Crippen molar-refractivity contribution < 1.29 is 4.39 Å². The molecule has 6 rings (SSSR count). The summed E-state index contributed by atoms with van der Waals surface area (Å²) in [5.41, 5.74) is 8.21. The molecule has 0 atom stereocenters. The zero-order valence-corrected chi connectivity index (χ0v) is 22.8. The highest BCUT2D eigenvalue weighted by atomic mass is 19.1. The van der Waals surface area contributed by atoms with Gasteiger partial charge in [-0.3, -0.25) is 10.1 Å². The van der Waals surface area contributed by atoms with E-state index in [1.807, 2.05) is 69.9 Å². The van der Waals surface area contributed by atoms with Crippen molar-refractivity contribution >= 4 is 33.4 Å². The van der Waals surface area contributed by atoms with Crippen molar-refractivity contribution in [2.24, 2.45) is 0 Å². The highest BCUT2D eigenvalue weighted by molar-refractivity contribution is 6.00. The number of hydrogen-bond acceptors (Lipinski definition) is 7. The van der Waals surface area contributed by atoms with Crippen LogP contribution in [0.25, 0.3) is 55.7 Å². The molecule has 9 nitrogen and oxygen atoms in total. The van der Waals surface area contributed by atoms with Crippen LogP contribution in [0.3, 0.4) is 0 Å². The molecule has 0 aliphatic carbocycles. The van der Waals surface area contributed by atoms with Gasteiger partial charge in [-0.1, -0.05) is 0 Å². The van der Waals surface area contributed by atoms with Gasteiger partial charge in [0.25, 0.3) is 0 Å². The van der Waals surface area contributed by atoms with Crippen molar-refractivity contribution in [3.63, 3.8) is 0 Å². The molecule has 0 aliphatic heterocycles. The van der Waals surface area contributed by atoms with Crippen molar-refractivity contribution in [1.29, 1.82) is 0 Å². The molecule has 202 valence electrons. The Hall–Kier alpha value is -4.83. The first-order valence-corrected chi connectivity index (χ1v) is 13.0. The van der Waals surface area contributed by atoms with Gasteiger partial charge in [0.2, 0.25) is 0 Å². The largest absolute Gasteiger partial charge is 0.384 e. The number of nitrogens with one attached hydrogen (secondary N) is 3. The summed E-state index contributed by atoms with van der Waals surface area (Å²) < 4.78 is 14.6. The number of halogens is 1. The molecule has 0 unspecified atom stereocenters. The zero-order chi connectivity index (χ0) is 27.8. The van der Waals surface area contributed by atoms with E-state index in [2.05, 4.69) is 52.5 Å². The van der Waals surface area contributed by atoms with Gasteiger partial charge in [-0.15, -0.1) is 0 Å². The van der Waals surface area contributed by atoms with Crippen LogP contribution in [-0.4, -0.2) is 76.3 Å². The van der Waals surface area contributed by atoms with Crippen LogP contribution in [0, 0.1) is 5.82 Å². The van der Waals surface area contributed by atoms with Gasteiger partial charge >= 0.3 is 0 Å². The molecule has 0 saturated heterocycles. The number of fused-ring (bicyclic) bond motifs is 2. The number of hydrogen-bond donors (Lipinski definition) is 3. The van der Waals surface area contributed by atoms with E-state index in [9.17, 15) is 4.39 Å². The average molecular weight is 536 g/mol. The van der Waals surface area contributed by atoms with Gasteiger partial charge in [0.05, 0.1) is 17.6 Å². The van der Waals surface area contributed by atoms with E-state index in [1.165, 1.54) is 6.07 Å². The second-order valence-corrected chi connectivity index (χ2v) is 10.3. The number of nitrogens with zero attached hydrogens (tertiary/aromatic N) is 6. The molecule has 0 bridgehead atoms. The normalized spacial score (nSPS) is 11.6. The van der Waals surface area contributed by atoms with Crippen molar-refractivity contribution in [3.8, 4) is 33.6 Å². The Labute approximate surface area is 231 Å². The van der Waals surface area contributed by atoms with Crippen LogP contribution in [0.15, 0.2) is 67.3 Å². The molecular formula is C30H30FN9. The zero-order valence-electron chi connectivity index (χ0n) is 22.8. The molecule has 0 radical (unpaired) electrons. The number of rotatable bonds is 8. The van der Waals surface area contributed by atoms with Crippen molar-refractivity contribution in [1.82, 2.24) is 35.0 Å². The molecular weight excluding hydrogens is 505 g/mol. The maximum atomic E-state index is 14.6. The Morgan fingerprint density at radius 3 is 2.52 bits per heavy atom. The predicted octanol–water partition coefficient (Wildman–Crippen LogP) is 5.41. The Morgan fingerprint density at radius 1 is 0.850 bits per heavy atom. The second kappa shape index (κ2) is 10.4. The fraction of sp³-hybridized carbons (Fsp3) is 0.200. The first-order valence-electron chi connectivity index (χ1n) is 13.0. The van der Waals surface area contributed by atoms with Crippen molar-refractivity contribution in [3.05, 3.63) is 73.1 Å². The van der Waals surface area contributed by atoms with Crippen molar-refractivity contribution in [2.45, 2.75) is 0 Å². The molecule has 0 spiro atoms. The van der Waals surface area contributed by atoms with Crippen LogP contribution < -0.4 is 10.2 Å². The standard InChI is InChI=1S/C30H30FN9/c1-39(2)8-7-33-22-10-18(9-21(31)13-22)24-5-6-34-29-25(24)14-27(36-29)28-26-12-20(16-35-30(26)38-37-28)19-11-23(40(3)4)17-32-15-19/h5-6,9-17,33H,7-8H2,1-4H3,(H,34,36)(H,35,37,38). The van der Waals surface area contributed by atoms with Crippen LogP contribution in [0.2, 0.25) is 0 Å². The maximum Gasteiger partial charge on any atom is 0.155 e. The summed E-state index contributed by atoms with van der Waals surface area (Å²) in [7, 11) is 7.99. The fourth-order valence-corrected chi connectivity index (χ4v) is 4.77. The number of H-pyrrole nitrogens is 2. The molecule has 0 saturated carbocycles. The van der Waals surface area contributed by atoms with E-state index in [0.717, 1.165) is 62.3 Å². The minimum atomic E-state index is -0.296. The Kier molecular flexibility index (Phi) is 6.61. The lowest BCUT2D eigenvalue weighted by Crippen LogP contribution is -2.20. The summed E-state index contributed by atoms with van der Waals surface area (Å²) in [5, 5.41) is 12.7. The summed E-state index contributed by atoms with van der Waals surface area (Å²) >= 11 is 0. The molecule has 0 aliphatic rings. The van der Waals surface area contributed by atoms with Crippen LogP contribution >= 0.6 is 0 Å². The minimum Gasteiger partial charge on any atom is -0.384 e. The van der Waals surface area contributed by atoms with Gasteiger partial charge in [-0.25, -0.2) is 14.4 Å². The third-order valence-electron chi connectivity index (χ3n) is 6.87. The predicted molar refractivity (Wildman–Crippen MR) is 159 cm³/mol. The monoisotopic (exact) mass is 535 g/mol. The second-order valence-electron chi connectivity index (χ2n) is 10.3. The third-order valence-corrected chi connectivity index (χ3v) is 6.87. The molecule has 3 N–H and O–H groups in total. The van der Waals surface area contributed by atoms with Gasteiger partial charge < -0.3 is 20.1 Å². The van der Waals surface area contributed by atoms with Crippen LogP contribution in [-0.2, 0) is 0 Å². The lowest BCUT2D eigenvalue weighted by molar-refractivity contribution is 0.425. The van der Waals surface area contributed by atoms with Gasteiger partial charge in [0.1, 0.15) is 17.2 Å². The van der Waals surface area contributed by atoms with Gasteiger partial charge in [0.15, 0.2) is 5.65 Å². The molecule has 10 heteroatoms. The van der Waals surface area contributed by atoms with Gasteiger partial charge in [0, 0.05) is 73.4 Å². The first-order chi connectivity index (χ1) is 19.4. The molecule has 40 heavy (non-hydrogen) atoms. The summed E-state index contributed by atoms with van der Waals surface area (Å²) in [6.45, 7) is 1.56. The highest BCUT2D eigenvalue weighted by Gasteiger charge is 2.16. The highest BCUT2D eigenvalue weighted by Crippen LogP contribution is 2.35. The summed E-state index contributed by atoms with van der Waals surface area (Å²) in [5.74, 6) is -0.296. The Morgan fingerprint density at radius 2 is 1.70 bits per heavy atom. The van der Waals surface area contributed by atoms with E-state index in [-0.39, 0.29) is 5.82 Å². The van der Waals surface area contributed by atoms with Gasteiger partial charge in [-0.2, -0.15) is 5.10 Å². The lowest BCUT2D eigenvalue weighted by atomic mass is 10.0. The third kappa shape index (κ3) is 4.96. The lowest BCUT2D eigenvalue weighted by Gasteiger charge is -2.13. The Bertz CT molecular complexity index is 1820. The number of likely N-dealkylation sites (N-methyl/N-ethyl adjacent to an activating group) is 1. The van der Waals surface area contributed by atoms with Crippen LogP contribution in [0.4, 0.5) is 15.8 Å². The maximum absolute atomic E-state index is 14.6. The van der Waals surface area contributed by atoms with Crippen LogP contribution in [0.1, 0.15) is 0 Å². The van der Waals surface area contributed by atoms with E-state index in [4.69, 9.17) is 0 Å². The van der Waals surface area contributed by atoms with E-state index < -0.39 is 0 Å². The molecule has 1 aromatic carbocycles. The molecule has 6 aromatic rings. The Balaban J connectivity index is 1.39. The number of anilines is 2. The van der Waals surface area contributed by atoms with Crippen molar-refractivity contribution in [2.75, 3.05) is 51.5 Å². The topological polar surface area (TPSA) is 102 Å². The summed E-state index contributed by atoms with van der Waals surface area (Å²) in [4.78, 5) is 21.1. The fourth-order valence-electron chi connectivity index (χ4n) is 4.77. The molecule has 5 heterocycles. The summed E-state index contributed by atoms with van der Waals surface area (Å²) in [6.07, 6.45) is 7.21. The number of aromatic nitrogens is 6. The van der Waals surface area contributed by atoms with E-state index in [1.54, 1.807) is 12.3 Å². The van der Waals surface area contributed by atoms with E-state index >= 15 is 0 Å². The first kappa shape index (κ1) is 25.4. The minimum absolute atomic E-state index is 0.296. The average Bonchev–Trinajstić information content (AvgIpc) is 3.56. The van der Waals surface area contributed by atoms with Crippen LogP contribution in [0.5, 0.6) is 0 Å². The molecule has 0 amide bonds. The number of aromatic amines is 2. The van der Waals surface area contributed by atoms with E-state index in [0.29, 0.717) is 17.8 Å². The number of pyridine rings is 3. The molecule has 5 aromatic heterocycles. The number of benzene rings is 1. The molecule has 0 fully saturated rings. The van der Waals surface area contributed by atoms with Gasteiger partial charge in [-0.05, 0) is 67.7 Å². The quantitative estimate of drug-likeness (QED) is 0.240. The smallest absolute Gasteiger partial charge is 0.155 e. The summed E-state index contributed by atoms with van der Waals surface area (Å²) in [6, 6.07) is 13.1.